The van der Waals surface area contributed by atoms with Crippen LogP contribution in [0.3, 0.4) is 0 Å². The number of phenols is 1. The van der Waals surface area contributed by atoms with Gasteiger partial charge >= 0.3 is 0 Å². The molecule has 6 nitrogen and oxygen atoms in total. The number of hydrogen-bond acceptors (Lipinski definition) is 5. The molecule has 2 N–H and O–H groups in total. The zero-order valence-electron chi connectivity index (χ0n) is 11.5. The third kappa shape index (κ3) is 2.87. The van der Waals surface area contributed by atoms with E-state index in [1.54, 1.807) is 19.1 Å². The number of thiocarbonyl (C=S) groups is 1. The number of amides is 2. The molecule has 0 saturated carbocycles. The quantitative estimate of drug-likeness (QED) is 0.496. The Balaban J connectivity index is 2.39. The van der Waals surface area contributed by atoms with Crippen LogP contribution in [0.1, 0.15) is 12.5 Å². The van der Waals surface area contributed by atoms with Gasteiger partial charge in [0.05, 0.1) is 7.11 Å². The van der Waals surface area contributed by atoms with Crippen molar-refractivity contribution in [3.63, 3.8) is 0 Å². The van der Waals surface area contributed by atoms with Gasteiger partial charge in [0.15, 0.2) is 16.6 Å². The number of benzene rings is 1. The summed E-state index contributed by atoms with van der Waals surface area (Å²) < 4.78 is 4.94. The summed E-state index contributed by atoms with van der Waals surface area (Å²) in [6.07, 6.45) is 1.40. The largest absolute Gasteiger partial charge is 0.504 e. The highest BCUT2D eigenvalue weighted by Gasteiger charge is 2.32. The SMILES string of the molecule is CCN1C(=O)/C(=C\c2ccc(OC)c(O)c2)C(=O)NC1=S. The molecule has 0 atom stereocenters. The standard InChI is InChI=1S/C14H14N2O4S/c1-3-16-13(19)9(12(18)15-14(16)21)6-8-4-5-11(20-2)10(17)7-8/h4-7,17H,3H2,1-2H3,(H,15,18,21)/b9-6-. The molecule has 0 unspecified atom stereocenters. The van der Waals surface area contributed by atoms with Gasteiger partial charge in [-0.25, -0.2) is 0 Å². The summed E-state index contributed by atoms with van der Waals surface area (Å²) >= 11 is 4.94. The van der Waals surface area contributed by atoms with E-state index in [1.807, 2.05) is 0 Å². The molecule has 2 rings (SSSR count). The fourth-order valence-electron chi connectivity index (χ4n) is 1.94. The Kier molecular flexibility index (Phi) is 4.23. The van der Waals surface area contributed by atoms with E-state index < -0.39 is 11.8 Å². The van der Waals surface area contributed by atoms with Crippen molar-refractivity contribution >= 4 is 35.2 Å². The fourth-order valence-corrected chi connectivity index (χ4v) is 2.25. The van der Waals surface area contributed by atoms with Gasteiger partial charge in [0.2, 0.25) is 0 Å². The van der Waals surface area contributed by atoms with Crippen molar-refractivity contribution in [3.8, 4) is 11.5 Å². The van der Waals surface area contributed by atoms with Gasteiger partial charge in [-0.05, 0) is 42.9 Å². The Morgan fingerprint density at radius 2 is 2.14 bits per heavy atom. The maximum absolute atomic E-state index is 12.2. The van der Waals surface area contributed by atoms with Crippen molar-refractivity contribution in [1.29, 1.82) is 0 Å². The number of phenolic OH excluding ortho intramolecular Hbond substituents is 1. The predicted octanol–water partition coefficient (Wildman–Crippen LogP) is 1.05. The van der Waals surface area contributed by atoms with Gasteiger partial charge in [-0.3, -0.25) is 19.8 Å². The number of nitrogens with one attached hydrogen (secondary N) is 1. The third-order valence-corrected chi connectivity index (χ3v) is 3.34. The Labute approximate surface area is 127 Å². The smallest absolute Gasteiger partial charge is 0.265 e. The average molecular weight is 306 g/mol. The lowest BCUT2D eigenvalue weighted by Crippen LogP contribution is -2.53. The third-order valence-electron chi connectivity index (χ3n) is 3.02. The number of rotatable bonds is 3. The van der Waals surface area contributed by atoms with Crippen LogP contribution in [0.5, 0.6) is 11.5 Å². The highest BCUT2D eigenvalue weighted by atomic mass is 32.1. The van der Waals surface area contributed by atoms with E-state index in [9.17, 15) is 14.7 Å². The maximum atomic E-state index is 12.2. The van der Waals surface area contributed by atoms with Gasteiger partial charge in [-0.15, -0.1) is 0 Å². The van der Waals surface area contributed by atoms with E-state index >= 15 is 0 Å². The van der Waals surface area contributed by atoms with Crippen LogP contribution in [0, 0.1) is 0 Å². The monoisotopic (exact) mass is 306 g/mol. The van der Waals surface area contributed by atoms with E-state index in [0.717, 1.165) is 0 Å². The first-order chi connectivity index (χ1) is 9.97. The minimum Gasteiger partial charge on any atom is -0.504 e. The predicted molar refractivity (Wildman–Crippen MR) is 80.8 cm³/mol. The number of carbonyl (C=O) groups excluding carboxylic acids is 2. The van der Waals surface area contributed by atoms with Crippen LogP contribution in [0.2, 0.25) is 0 Å². The number of aromatic hydroxyl groups is 1. The fraction of sp³-hybridized carbons (Fsp3) is 0.214. The number of methoxy groups -OCH3 is 1. The lowest BCUT2D eigenvalue weighted by atomic mass is 10.1. The summed E-state index contributed by atoms with van der Waals surface area (Å²) in [4.78, 5) is 25.4. The highest BCUT2D eigenvalue weighted by molar-refractivity contribution is 7.80. The summed E-state index contributed by atoms with van der Waals surface area (Å²) in [6, 6.07) is 4.60. The van der Waals surface area contributed by atoms with Crippen LogP contribution in [0.25, 0.3) is 6.08 Å². The molecule has 1 aromatic carbocycles. The molecule has 0 spiro atoms. The Bertz CT molecular complexity index is 654. The minimum atomic E-state index is -0.551. The summed E-state index contributed by atoms with van der Waals surface area (Å²) in [7, 11) is 1.44. The minimum absolute atomic E-state index is 0.0324. The normalized spacial score (nSPS) is 17.1. The first-order valence-corrected chi connectivity index (χ1v) is 6.64. The molecule has 0 aromatic heterocycles. The molecule has 0 aliphatic carbocycles. The number of hydrogen-bond donors (Lipinski definition) is 2. The van der Waals surface area contributed by atoms with Crippen molar-refractivity contribution in [3.05, 3.63) is 29.3 Å². The second-order valence-electron chi connectivity index (χ2n) is 4.30. The number of ether oxygens (including phenoxy) is 1. The lowest BCUT2D eigenvalue weighted by molar-refractivity contribution is -0.128. The van der Waals surface area contributed by atoms with Crippen LogP contribution in [0.15, 0.2) is 23.8 Å². The Morgan fingerprint density at radius 3 is 2.71 bits per heavy atom. The summed E-state index contributed by atoms with van der Waals surface area (Å²) in [5, 5.41) is 12.3. The zero-order chi connectivity index (χ0) is 15.6. The van der Waals surface area contributed by atoms with Crippen molar-refractivity contribution < 1.29 is 19.4 Å². The number of likely N-dealkylation sites (N-methyl/N-ethyl adjacent to an activating group) is 1. The van der Waals surface area contributed by atoms with Crippen molar-refractivity contribution in [2.45, 2.75) is 6.92 Å². The van der Waals surface area contributed by atoms with Gasteiger partial charge in [0.1, 0.15) is 5.57 Å². The van der Waals surface area contributed by atoms with Crippen molar-refractivity contribution in [2.24, 2.45) is 0 Å². The van der Waals surface area contributed by atoms with E-state index in [-0.39, 0.29) is 16.4 Å². The Morgan fingerprint density at radius 1 is 1.43 bits per heavy atom. The summed E-state index contributed by atoms with van der Waals surface area (Å²) in [5.41, 5.74) is 0.477. The maximum Gasteiger partial charge on any atom is 0.265 e. The molecule has 1 aromatic rings. The van der Waals surface area contributed by atoms with E-state index in [4.69, 9.17) is 17.0 Å². The van der Waals surface area contributed by atoms with Crippen LogP contribution < -0.4 is 10.1 Å². The van der Waals surface area contributed by atoms with E-state index in [1.165, 1.54) is 24.2 Å². The van der Waals surface area contributed by atoms with Crippen LogP contribution in [-0.2, 0) is 9.59 Å². The molecule has 21 heavy (non-hydrogen) atoms. The molecule has 1 aliphatic heterocycles. The van der Waals surface area contributed by atoms with E-state index in [0.29, 0.717) is 17.9 Å². The molecule has 2 amide bonds. The number of nitrogens with zero attached hydrogens (tertiary/aromatic N) is 1. The highest BCUT2D eigenvalue weighted by Crippen LogP contribution is 2.27. The van der Waals surface area contributed by atoms with Crippen LogP contribution in [-0.4, -0.2) is 40.6 Å². The molecular formula is C14H14N2O4S. The Hall–Kier alpha value is -2.41. The van der Waals surface area contributed by atoms with Gasteiger partial charge in [0.25, 0.3) is 11.8 Å². The topological polar surface area (TPSA) is 78.9 Å². The number of carbonyl (C=O) groups is 2. The van der Waals surface area contributed by atoms with E-state index in [2.05, 4.69) is 5.32 Å². The molecule has 1 aliphatic rings. The first kappa shape index (κ1) is 15.0. The van der Waals surface area contributed by atoms with Crippen LogP contribution in [0.4, 0.5) is 0 Å². The van der Waals surface area contributed by atoms with Gasteiger partial charge in [0, 0.05) is 6.54 Å². The second kappa shape index (κ2) is 5.92. The lowest BCUT2D eigenvalue weighted by Gasteiger charge is -2.27. The average Bonchev–Trinajstić information content (AvgIpc) is 2.44. The molecule has 1 heterocycles. The van der Waals surface area contributed by atoms with Crippen molar-refractivity contribution in [1.82, 2.24) is 10.2 Å². The first-order valence-electron chi connectivity index (χ1n) is 6.23. The molecule has 1 fully saturated rings. The van der Waals surface area contributed by atoms with Gasteiger partial charge in [-0.1, -0.05) is 6.07 Å². The molecule has 0 bridgehead atoms. The van der Waals surface area contributed by atoms with Crippen molar-refractivity contribution in [2.75, 3.05) is 13.7 Å². The van der Waals surface area contributed by atoms with Gasteiger partial charge in [-0.2, -0.15) is 0 Å². The van der Waals surface area contributed by atoms with Gasteiger partial charge < -0.3 is 9.84 Å². The molecule has 7 heteroatoms. The van der Waals surface area contributed by atoms with Crippen LogP contribution >= 0.6 is 12.2 Å². The second-order valence-corrected chi connectivity index (χ2v) is 4.68. The zero-order valence-corrected chi connectivity index (χ0v) is 12.4. The molecule has 1 saturated heterocycles. The molecular weight excluding hydrogens is 292 g/mol. The molecule has 110 valence electrons. The summed E-state index contributed by atoms with van der Waals surface area (Å²) in [6.45, 7) is 2.13. The summed E-state index contributed by atoms with van der Waals surface area (Å²) in [5.74, 6) is -0.766. The molecule has 0 radical (unpaired) electrons.